The number of hydrogen-bond acceptors (Lipinski definition) is 4. The maximum atomic E-state index is 4.76. The minimum atomic E-state index is 0. The molecule has 8 heteroatoms. The first-order valence-corrected chi connectivity index (χ1v) is 10.8. The van der Waals surface area contributed by atoms with Crippen molar-refractivity contribution in [1.29, 1.82) is 0 Å². The first kappa shape index (κ1) is 24.2. The van der Waals surface area contributed by atoms with Crippen LogP contribution in [0.25, 0.3) is 0 Å². The molecule has 30 heavy (non-hydrogen) atoms. The maximum absolute atomic E-state index is 4.76. The van der Waals surface area contributed by atoms with Crippen LogP contribution in [0.3, 0.4) is 0 Å². The number of rotatable bonds is 7. The highest BCUT2D eigenvalue weighted by Gasteiger charge is 2.08. The van der Waals surface area contributed by atoms with Crippen LogP contribution in [0.15, 0.2) is 58.4 Å². The molecule has 0 amide bonds. The zero-order valence-electron chi connectivity index (χ0n) is 17.8. The summed E-state index contributed by atoms with van der Waals surface area (Å²) in [5.74, 6) is 2.51. The highest BCUT2D eigenvalue weighted by molar-refractivity contribution is 14.0. The van der Waals surface area contributed by atoms with Crippen LogP contribution in [0, 0.1) is 13.8 Å². The fraction of sp³-hybridized carbons (Fsp3) is 0.318. The highest BCUT2D eigenvalue weighted by atomic mass is 127. The smallest absolute Gasteiger partial charge is 0.192 e. The van der Waals surface area contributed by atoms with Crippen LogP contribution in [0.5, 0.6) is 0 Å². The summed E-state index contributed by atoms with van der Waals surface area (Å²) in [6, 6.07) is 16.8. The SMILES string of the molecule is CSc1cc(C)ccc1CNC(=NCc1ccccc1)NCc1nnc(C)n1C.I. The molecule has 0 spiro atoms. The second-order valence-electron chi connectivity index (χ2n) is 6.90. The Morgan fingerprint density at radius 3 is 2.43 bits per heavy atom. The van der Waals surface area contributed by atoms with E-state index < -0.39 is 0 Å². The van der Waals surface area contributed by atoms with Crippen molar-refractivity contribution in [3.05, 3.63) is 76.9 Å². The number of nitrogens with zero attached hydrogens (tertiary/aromatic N) is 4. The molecule has 3 aromatic rings. The standard InChI is InChI=1S/C22H28N6S.HI/c1-16-10-11-19(20(12-16)29-4)14-24-22(23-13-18-8-6-5-7-9-18)25-15-21-27-26-17(2)28(21)3;/h5-12H,13-15H2,1-4H3,(H2,23,24,25);1H. The van der Waals surface area contributed by atoms with E-state index in [0.29, 0.717) is 19.6 Å². The van der Waals surface area contributed by atoms with E-state index in [9.17, 15) is 0 Å². The van der Waals surface area contributed by atoms with Gasteiger partial charge in [0.25, 0.3) is 0 Å². The maximum Gasteiger partial charge on any atom is 0.192 e. The lowest BCUT2D eigenvalue weighted by Crippen LogP contribution is -2.37. The van der Waals surface area contributed by atoms with E-state index in [2.05, 4.69) is 64.3 Å². The van der Waals surface area contributed by atoms with E-state index in [0.717, 1.165) is 17.6 Å². The number of aryl methyl sites for hydroxylation is 2. The lowest BCUT2D eigenvalue weighted by Gasteiger charge is -2.14. The lowest BCUT2D eigenvalue weighted by molar-refractivity contribution is 0.713. The second kappa shape index (κ2) is 11.9. The predicted molar refractivity (Wildman–Crippen MR) is 135 cm³/mol. The second-order valence-corrected chi connectivity index (χ2v) is 7.74. The first-order chi connectivity index (χ1) is 14.1. The van der Waals surface area contributed by atoms with Gasteiger partial charge < -0.3 is 15.2 Å². The van der Waals surface area contributed by atoms with E-state index in [-0.39, 0.29) is 24.0 Å². The van der Waals surface area contributed by atoms with Gasteiger partial charge in [-0.3, -0.25) is 0 Å². The molecule has 0 saturated heterocycles. The number of thioether (sulfide) groups is 1. The summed E-state index contributed by atoms with van der Waals surface area (Å²) < 4.78 is 1.98. The summed E-state index contributed by atoms with van der Waals surface area (Å²) >= 11 is 1.76. The van der Waals surface area contributed by atoms with Crippen LogP contribution in [0.1, 0.15) is 28.3 Å². The van der Waals surface area contributed by atoms with Crippen molar-refractivity contribution in [2.24, 2.45) is 12.0 Å². The summed E-state index contributed by atoms with van der Waals surface area (Å²) in [7, 11) is 1.97. The molecule has 0 radical (unpaired) electrons. The van der Waals surface area contributed by atoms with E-state index >= 15 is 0 Å². The van der Waals surface area contributed by atoms with Crippen LogP contribution in [0.2, 0.25) is 0 Å². The quantitative estimate of drug-likeness (QED) is 0.205. The predicted octanol–water partition coefficient (Wildman–Crippen LogP) is 4.21. The average molecular weight is 536 g/mol. The highest BCUT2D eigenvalue weighted by Crippen LogP contribution is 2.21. The summed E-state index contributed by atoms with van der Waals surface area (Å²) in [5, 5.41) is 15.2. The van der Waals surface area contributed by atoms with E-state index in [1.165, 1.54) is 21.6 Å². The number of nitrogens with one attached hydrogen (secondary N) is 2. The van der Waals surface area contributed by atoms with Gasteiger partial charge in [0.2, 0.25) is 0 Å². The van der Waals surface area contributed by atoms with Gasteiger partial charge in [0.05, 0.1) is 13.1 Å². The lowest BCUT2D eigenvalue weighted by atomic mass is 10.1. The molecule has 2 aromatic carbocycles. The molecule has 0 aliphatic carbocycles. The molecule has 0 aliphatic rings. The molecular weight excluding hydrogens is 507 g/mol. The first-order valence-electron chi connectivity index (χ1n) is 9.61. The summed E-state index contributed by atoms with van der Waals surface area (Å²) in [6.07, 6.45) is 2.11. The van der Waals surface area contributed by atoms with Gasteiger partial charge in [-0.2, -0.15) is 0 Å². The number of benzene rings is 2. The molecule has 1 aromatic heterocycles. The van der Waals surface area contributed by atoms with Crippen LogP contribution in [0.4, 0.5) is 0 Å². The molecule has 6 nitrogen and oxygen atoms in total. The minimum absolute atomic E-state index is 0. The Balaban J connectivity index is 0.00000320. The molecule has 3 rings (SSSR count). The van der Waals surface area contributed by atoms with Gasteiger partial charge in [0, 0.05) is 18.5 Å². The molecule has 0 saturated carbocycles. The molecule has 0 fully saturated rings. The fourth-order valence-corrected chi connectivity index (χ4v) is 3.58. The third-order valence-corrected chi connectivity index (χ3v) is 5.57. The number of aromatic nitrogens is 3. The summed E-state index contributed by atoms with van der Waals surface area (Å²) in [6.45, 7) is 5.93. The van der Waals surface area contributed by atoms with Crippen LogP contribution < -0.4 is 10.6 Å². The van der Waals surface area contributed by atoms with Crippen molar-refractivity contribution in [3.8, 4) is 0 Å². The average Bonchev–Trinajstić information content (AvgIpc) is 3.06. The van der Waals surface area contributed by atoms with Crippen molar-refractivity contribution in [1.82, 2.24) is 25.4 Å². The fourth-order valence-electron chi connectivity index (χ4n) is 2.87. The van der Waals surface area contributed by atoms with Crippen molar-refractivity contribution in [2.45, 2.75) is 38.4 Å². The zero-order valence-corrected chi connectivity index (χ0v) is 21.0. The normalized spacial score (nSPS) is 11.1. The van der Waals surface area contributed by atoms with Crippen molar-refractivity contribution in [2.75, 3.05) is 6.26 Å². The summed E-state index contributed by atoms with van der Waals surface area (Å²) in [4.78, 5) is 6.05. The molecule has 0 bridgehead atoms. The van der Waals surface area contributed by atoms with Crippen LogP contribution >= 0.6 is 35.7 Å². The molecule has 1 heterocycles. The Labute approximate surface area is 200 Å². The molecule has 160 valence electrons. The zero-order chi connectivity index (χ0) is 20.6. The van der Waals surface area contributed by atoms with E-state index in [4.69, 9.17) is 4.99 Å². The molecule has 0 aliphatic heterocycles. The number of halogens is 1. The van der Waals surface area contributed by atoms with Crippen LogP contribution in [-0.2, 0) is 26.7 Å². The Morgan fingerprint density at radius 1 is 1.03 bits per heavy atom. The number of hydrogen-bond donors (Lipinski definition) is 2. The monoisotopic (exact) mass is 536 g/mol. The Bertz CT molecular complexity index is 971. The molecule has 0 atom stereocenters. The third kappa shape index (κ3) is 6.73. The Morgan fingerprint density at radius 2 is 1.77 bits per heavy atom. The largest absolute Gasteiger partial charge is 0.352 e. The van der Waals surface area contributed by atoms with Gasteiger partial charge in [-0.05, 0) is 42.9 Å². The number of aliphatic imine (C=N–C) groups is 1. The topological polar surface area (TPSA) is 67.1 Å². The molecular formula is C22H29IN6S. The van der Waals surface area contributed by atoms with Crippen molar-refractivity contribution < 1.29 is 0 Å². The summed E-state index contributed by atoms with van der Waals surface area (Å²) in [5.41, 5.74) is 3.70. The van der Waals surface area contributed by atoms with Gasteiger partial charge in [-0.1, -0.05) is 42.5 Å². The van der Waals surface area contributed by atoms with Crippen molar-refractivity contribution in [3.63, 3.8) is 0 Å². The molecule has 0 unspecified atom stereocenters. The van der Waals surface area contributed by atoms with Gasteiger partial charge in [0.15, 0.2) is 11.8 Å². The van der Waals surface area contributed by atoms with Crippen molar-refractivity contribution >= 4 is 41.7 Å². The Hall–Kier alpha value is -2.07. The Kier molecular flexibility index (Phi) is 9.64. The van der Waals surface area contributed by atoms with Crippen LogP contribution in [-0.4, -0.2) is 27.0 Å². The van der Waals surface area contributed by atoms with Gasteiger partial charge in [0.1, 0.15) is 5.82 Å². The van der Waals surface area contributed by atoms with Gasteiger partial charge >= 0.3 is 0 Å². The number of guanidine groups is 1. The minimum Gasteiger partial charge on any atom is -0.352 e. The van der Waals surface area contributed by atoms with Gasteiger partial charge in [-0.15, -0.1) is 45.9 Å². The van der Waals surface area contributed by atoms with E-state index in [1.54, 1.807) is 11.8 Å². The third-order valence-electron chi connectivity index (χ3n) is 4.75. The molecule has 2 N–H and O–H groups in total. The van der Waals surface area contributed by atoms with Gasteiger partial charge in [-0.25, -0.2) is 4.99 Å². The van der Waals surface area contributed by atoms with E-state index in [1.807, 2.05) is 36.7 Å².